The van der Waals surface area contributed by atoms with E-state index < -0.39 is 18.2 Å². The van der Waals surface area contributed by atoms with Gasteiger partial charge >= 0.3 is 5.97 Å². The Morgan fingerprint density at radius 2 is 2.29 bits per heavy atom. The van der Waals surface area contributed by atoms with Gasteiger partial charge < -0.3 is 25.6 Å². The minimum Gasteiger partial charge on any atom is -0.467 e. The van der Waals surface area contributed by atoms with Gasteiger partial charge in [0.2, 0.25) is 5.91 Å². The quantitative estimate of drug-likeness (QED) is 0.491. The van der Waals surface area contributed by atoms with Crippen molar-refractivity contribution in [2.24, 2.45) is 5.73 Å². The monoisotopic (exact) mass is 246 g/mol. The SMILES string of the molecule is COC(=O)C(O)CNC(=O)C1CCC(CN)O1. The first-order valence-electron chi connectivity index (χ1n) is 5.47. The van der Waals surface area contributed by atoms with Crippen molar-refractivity contribution in [1.82, 2.24) is 5.32 Å². The molecular weight excluding hydrogens is 228 g/mol. The third-order valence-electron chi connectivity index (χ3n) is 2.61. The number of nitrogens with one attached hydrogen (secondary N) is 1. The van der Waals surface area contributed by atoms with E-state index in [1.807, 2.05) is 0 Å². The Morgan fingerprint density at radius 3 is 2.82 bits per heavy atom. The van der Waals surface area contributed by atoms with E-state index in [2.05, 4.69) is 10.1 Å². The van der Waals surface area contributed by atoms with Crippen LogP contribution in [0.25, 0.3) is 0 Å². The molecule has 0 aromatic rings. The molecule has 1 aliphatic heterocycles. The Labute approximate surface area is 99.3 Å². The number of amides is 1. The average molecular weight is 246 g/mol. The van der Waals surface area contributed by atoms with Gasteiger partial charge in [0.15, 0.2) is 6.10 Å². The van der Waals surface area contributed by atoms with Gasteiger partial charge in [-0.1, -0.05) is 0 Å². The summed E-state index contributed by atoms with van der Waals surface area (Å²) in [5, 5.41) is 11.7. The van der Waals surface area contributed by atoms with E-state index in [4.69, 9.17) is 10.5 Å². The summed E-state index contributed by atoms with van der Waals surface area (Å²) in [7, 11) is 1.17. The van der Waals surface area contributed by atoms with Crippen molar-refractivity contribution >= 4 is 11.9 Å². The van der Waals surface area contributed by atoms with Crippen molar-refractivity contribution in [3.63, 3.8) is 0 Å². The molecule has 1 aliphatic rings. The minimum atomic E-state index is -1.35. The van der Waals surface area contributed by atoms with E-state index in [1.165, 1.54) is 7.11 Å². The van der Waals surface area contributed by atoms with E-state index in [0.717, 1.165) is 6.42 Å². The first-order chi connectivity index (χ1) is 8.08. The minimum absolute atomic E-state index is 0.0868. The van der Waals surface area contributed by atoms with E-state index >= 15 is 0 Å². The number of methoxy groups -OCH3 is 1. The molecule has 0 aromatic heterocycles. The zero-order chi connectivity index (χ0) is 12.8. The highest BCUT2D eigenvalue weighted by Gasteiger charge is 2.30. The third-order valence-corrected chi connectivity index (χ3v) is 2.61. The van der Waals surface area contributed by atoms with Crippen LogP contribution in [0.2, 0.25) is 0 Å². The van der Waals surface area contributed by atoms with Crippen LogP contribution in [0.15, 0.2) is 0 Å². The summed E-state index contributed by atoms with van der Waals surface area (Å²) in [6, 6.07) is 0. The summed E-state index contributed by atoms with van der Waals surface area (Å²) >= 11 is 0. The van der Waals surface area contributed by atoms with E-state index in [1.54, 1.807) is 0 Å². The molecule has 4 N–H and O–H groups in total. The number of carbonyl (C=O) groups is 2. The first kappa shape index (κ1) is 13.9. The van der Waals surface area contributed by atoms with Gasteiger partial charge in [0.05, 0.1) is 19.8 Å². The van der Waals surface area contributed by atoms with Crippen LogP contribution in [-0.2, 0) is 19.1 Å². The Kier molecular flexibility index (Phi) is 5.33. The highest BCUT2D eigenvalue weighted by Crippen LogP contribution is 2.18. The van der Waals surface area contributed by atoms with E-state index in [0.29, 0.717) is 13.0 Å². The number of rotatable bonds is 5. The lowest BCUT2D eigenvalue weighted by Gasteiger charge is -2.14. The Hall–Kier alpha value is -1.18. The number of carbonyl (C=O) groups excluding carboxylic acids is 2. The molecular formula is C10H18N2O5. The van der Waals surface area contributed by atoms with E-state index in [9.17, 15) is 14.7 Å². The van der Waals surface area contributed by atoms with Gasteiger partial charge in [-0.25, -0.2) is 4.79 Å². The number of esters is 1. The molecule has 98 valence electrons. The molecule has 1 saturated heterocycles. The van der Waals surface area contributed by atoms with Gasteiger partial charge in [0, 0.05) is 6.54 Å². The largest absolute Gasteiger partial charge is 0.467 e. The molecule has 1 fully saturated rings. The molecule has 1 amide bonds. The Balaban J connectivity index is 2.28. The predicted molar refractivity (Wildman–Crippen MR) is 58.0 cm³/mol. The van der Waals surface area contributed by atoms with Gasteiger partial charge in [0.25, 0.3) is 0 Å². The molecule has 0 aliphatic carbocycles. The van der Waals surface area contributed by atoms with Crippen molar-refractivity contribution < 1.29 is 24.2 Å². The second kappa shape index (κ2) is 6.53. The standard InChI is InChI=1S/C10H18N2O5/c1-16-10(15)7(13)5-12-9(14)8-3-2-6(4-11)17-8/h6-8,13H,2-5,11H2,1H3,(H,12,14). The smallest absolute Gasteiger partial charge is 0.336 e. The molecule has 3 atom stereocenters. The van der Waals surface area contributed by atoms with Gasteiger partial charge in [-0.2, -0.15) is 0 Å². The van der Waals surface area contributed by atoms with E-state index in [-0.39, 0.29) is 18.6 Å². The number of hydrogen-bond acceptors (Lipinski definition) is 6. The van der Waals surface area contributed by atoms with Gasteiger partial charge in [0.1, 0.15) is 6.10 Å². The van der Waals surface area contributed by atoms with Crippen LogP contribution < -0.4 is 11.1 Å². The average Bonchev–Trinajstić information content (AvgIpc) is 2.83. The molecule has 17 heavy (non-hydrogen) atoms. The zero-order valence-electron chi connectivity index (χ0n) is 9.72. The first-order valence-corrected chi connectivity index (χ1v) is 5.47. The third kappa shape index (κ3) is 3.95. The molecule has 0 radical (unpaired) electrons. The summed E-state index contributed by atoms with van der Waals surface area (Å²) < 4.78 is 9.67. The van der Waals surface area contributed by atoms with Crippen molar-refractivity contribution in [2.75, 3.05) is 20.2 Å². The van der Waals surface area contributed by atoms with Gasteiger partial charge in [-0.3, -0.25) is 4.79 Å². The van der Waals surface area contributed by atoms with Crippen molar-refractivity contribution in [3.05, 3.63) is 0 Å². The fourth-order valence-corrected chi connectivity index (χ4v) is 1.60. The maximum atomic E-state index is 11.6. The van der Waals surface area contributed by atoms with Crippen LogP contribution in [0.3, 0.4) is 0 Å². The maximum absolute atomic E-state index is 11.6. The number of ether oxygens (including phenoxy) is 2. The molecule has 7 nitrogen and oxygen atoms in total. The number of aliphatic hydroxyl groups excluding tert-OH is 1. The van der Waals surface area contributed by atoms with Gasteiger partial charge in [-0.15, -0.1) is 0 Å². The van der Waals surface area contributed by atoms with Crippen LogP contribution in [0.1, 0.15) is 12.8 Å². The normalized spacial score (nSPS) is 25.4. The summed E-state index contributed by atoms with van der Waals surface area (Å²) in [6.45, 7) is 0.202. The summed E-state index contributed by atoms with van der Waals surface area (Å²) in [5.74, 6) is -1.12. The van der Waals surface area contributed by atoms with Crippen molar-refractivity contribution in [3.8, 4) is 0 Å². The Bertz CT molecular complexity index is 284. The van der Waals surface area contributed by atoms with Crippen LogP contribution >= 0.6 is 0 Å². The molecule has 0 saturated carbocycles. The molecule has 3 unspecified atom stereocenters. The predicted octanol–water partition coefficient (Wildman–Crippen LogP) is -1.86. The number of nitrogens with two attached hydrogens (primary N) is 1. The number of hydrogen-bond donors (Lipinski definition) is 3. The fraction of sp³-hybridized carbons (Fsp3) is 0.800. The van der Waals surface area contributed by atoms with Crippen LogP contribution in [0, 0.1) is 0 Å². The molecule has 7 heteroatoms. The molecule has 1 rings (SSSR count). The topological polar surface area (TPSA) is 111 Å². The summed E-state index contributed by atoms with van der Waals surface area (Å²) in [5.41, 5.74) is 5.42. The highest BCUT2D eigenvalue weighted by atomic mass is 16.5. The van der Waals surface area contributed by atoms with Crippen LogP contribution in [0.4, 0.5) is 0 Å². The lowest BCUT2D eigenvalue weighted by molar-refractivity contribution is -0.150. The van der Waals surface area contributed by atoms with Crippen molar-refractivity contribution in [1.29, 1.82) is 0 Å². The summed E-state index contributed by atoms with van der Waals surface area (Å²) in [4.78, 5) is 22.5. The van der Waals surface area contributed by atoms with Crippen molar-refractivity contribution in [2.45, 2.75) is 31.2 Å². The summed E-state index contributed by atoms with van der Waals surface area (Å²) in [6.07, 6.45) is -0.642. The van der Waals surface area contributed by atoms with Gasteiger partial charge in [-0.05, 0) is 12.8 Å². The second-order valence-electron chi connectivity index (χ2n) is 3.84. The molecule has 1 heterocycles. The maximum Gasteiger partial charge on any atom is 0.336 e. The molecule has 0 aromatic carbocycles. The van der Waals surface area contributed by atoms with Crippen LogP contribution in [0.5, 0.6) is 0 Å². The Morgan fingerprint density at radius 1 is 1.59 bits per heavy atom. The zero-order valence-corrected chi connectivity index (χ0v) is 9.72. The lowest BCUT2D eigenvalue weighted by atomic mass is 10.2. The second-order valence-corrected chi connectivity index (χ2v) is 3.84. The molecule has 0 spiro atoms. The highest BCUT2D eigenvalue weighted by molar-refractivity contribution is 5.82. The lowest BCUT2D eigenvalue weighted by Crippen LogP contribution is -2.42. The molecule has 0 bridgehead atoms. The van der Waals surface area contributed by atoms with Crippen LogP contribution in [-0.4, -0.2) is 55.5 Å². The fourth-order valence-electron chi connectivity index (χ4n) is 1.60. The number of aliphatic hydroxyl groups is 1.